The van der Waals surface area contributed by atoms with Gasteiger partial charge in [-0.2, -0.15) is 5.10 Å². The molecule has 0 bridgehead atoms. The van der Waals surface area contributed by atoms with E-state index in [0.29, 0.717) is 18.2 Å². The van der Waals surface area contributed by atoms with Crippen molar-refractivity contribution in [3.05, 3.63) is 47.9 Å². The van der Waals surface area contributed by atoms with Crippen molar-refractivity contribution in [2.75, 3.05) is 19.8 Å². The Labute approximate surface area is 156 Å². The van der Waals surface area contributed by atoms with E-state index in [0.717, 1.165) is 53.6 Å². The summed E-state index contributed by atoms with van der Waals surface area (Å²) in [5.74, 6) is 0.268. The molecule has 7 heteroatoms. The van der Waals surface area contributed by atoms with Gasteiger partial charge in [0.1, 0.15) is 0 Å². The summed E-state index contributed by atoms with van der Waals surface area (Å²) in [5.41, 5.74) is 3.70. The predicted molar refractivity (Wildman–Crippen MR) is 101 cm³/mol. The molecule has 0 radical (unpaired) electrons. The first kappa shape index (κ1) is 17.6. The highest BCUT2D eigenvalue weighted by molar-refractivity contribution is 6.05. The number of pyridine rings is 1. The average Bonchev–Trinajstić information content (AvgIpc) is 3.16. The van der Waals surface area contributed by atoms with Crippen LogP contribution in [0.25, 0.3) is 22.0 Å². The zero-order valence-electron chi connectivity index (χ0n) is 14.9. The number of hydrogen-bond donors (Lipinski definition) is 3. The number of ether oxygens (including phenoxy) is 1. The van der Waals surface area contributed by atoms with Gasteiger partial charge in [0, 0.05) is 43.1 Å². The summed E-state index contributed by atoms with van der Waals surface area (Å²) < 4.78 is 5.36. The summed E-state index contributed by atoms with van der Waals surface area (Å²) in [6.07, 6.45) is 5.31. The summed E-state index contributed by atoms with van der Waals surface area (Å²) in [4.78, 5) is 16.8. The average molecular weight is 366 g/mol. The molecule has 1 aliphatic rings. The minimum Gasteiger partial charge on any atom is -0.392 e. The van der Waals surface area contributed by atoms with E-state index in [9.17, 15) is 9.90 Å². The highest BCUT2D eigenvalue weighted by Gasteiger charge is 2.18. The number of hydrogen-bond acceptors (Lipinski definition) is 5. The lowest BCUT2D eigenvalue weighted by atomic mass is 9.99. The van der Waals surface area contributed by atoms with Gasteiger partial charge in [-0.25, -0.2) is 0 Å². The normalized spacial score (nSPS) is 15.1. The van der Waals surface area contributed by atoms with Gasteiger partial charge in [-0.05, 0) is 48.1 Å². The van der Waals surface area contributed by atoms with Crippen molar-refractivity contribution in [1.82, 2.24) is 20.5 Å². The first-order chi connectivity index (χ1) is 13.3. The molecule has 7 nitrogen and oxygen atoms in total. The van der Waals surface area contributed by atoms with Crippen LogP contribution in [-0.2, 0) is 11.3 Å². The van der Waals surface area contributed by atoms with Gasteiger partial charge in [0.25, 0.3) is 5.91 Å². The molecule has 1 aliphatic heterocycles. The number of aromatic amines is 1. The number of fused-ring (bicyclic) bond motifs is 1. The molecular weight excluding hydrogens is 344 g/mol. The molecule has 3 heterocycles. The number of nitrogens with one attached hydrogen (secondary N) is 2. The molecule has 0 atom stereocenters. The van der Waals surface area contributed by atoms with E-state index in [1.165, 1.54) is 0 Å². The second-order valence-electron chi connectivity index (χ2n) is 6.79. The highest BCUT2D eigenvalue weighted by atomic mass is 16.5. The topological polar surface area (TPSA) is 100 Å². The van der Waals surface area contributed by atoms with E-state index in [-0.39, 0.29) is 12.5 Å². The minimum atomic E-state index is -0.182. The largest absolute Gasteiger partial charge is 0.392 e. The molecule has 27 heavy (non-hydrogen) atoms. The van der Waals surface area contributed by atoms with Crippen molar-refractivity contribution in [2.45, 2.75) is 19.4 Å². The van der Waals surface area contributed by atoms with Crippen molar-refractivity contribution in [3.63, 3.8) is 0 Å². The Kier molecular flexibility index (Phi) is 5.13. The van der Waals surface area contributed by atoms with Crippen LogP contribution in [0.2, 0.25) is 0 Å². The Morgan fingerprint density at radius 1 is 1.30 bits per heavy atom. The number of aliphatic hydroxyl groups is 1. The summed E-state index contributed by atoms with van der Waals surface area (Å²) in [6.45, 7) is 2.08. The van der Waals surface area contributed by atoms with Crippen molar-refractivity contribution in [1.29, 1.82) is 0 Å². The van der Waals surface area contributed by atoms with E-state index in [4.69, 9.17) is 4.74 Å². The van der Waals surface area contributed by atoms with Crippen LogP contribution in [-0.4, -0.2) is 46.0 Å². The summed E-state index contributed by atoms with van der Waals surface area (Å²) in [7, 11) is 0. The molecule has 0 spiro atoms. The number of carbonyl (C=O) groups is 1. The lowest BCUT2D eigenvalue weighted by Gasteiger charge is -2.21. The quantitative estimate of drug-likeness (QED) is 0.643. The van der Waals surface area contributed by atoms with Crippen LogP contribution in [0.3, 0.4) is 0 Å². The zero-order valence-corrected chi connectivity index (χ0v) is 14.9. The number of rotatable bonds is 5. The Morgan fingerprint density at radius 2 is 2.15 bits per heavy atom. The Balaban J connectivity index is 1.59. The van der Waals surface area contributed by atoms with Crippen molar-refractivity contribution < 1.29 is 14.6 Å². The highest BCUT2D eigenvalue weighted by Crippen LogP contribution is 2.27. The van der Waals surface area contributed by atoms with Crippen LogP contribution in [0.4, 0.5) is 0 Å². The molecule has 4 rings (SSSR count). The summed E-state index contributed by atoms with van der Waals surface area (Å²) in [6, 6.07) is 7.52. The van der Waals surface area contributed by atoms with Crippen LogP contribution in [0, 0.1) is 5.92 Å². The van der Waals surface area contributed by atoms with E-state index in [1.54, 1.807) is 18.5 Å². The van der Waals surface area contributed by atoms with E-state index < -0.39 is 0 Å². The van der Waals surface area contributed by atoms with Gasteiger partial charge in [-0.1, -0.05) is 6.07 Å². The van der Waals surface area contributed by atoms with Gasteiger partial charge < -0.3 is 15.2 Å². The fraction of sp³-hybridized carbons (Fsp3) is 0.350. The Bertz CT molecular complexity index is 947. The van der Waals surface area contributed by atoms with Gasteiger partial charge in [0.05, 0.1) is 12.1 Å². The lowest BCUT2D eigenvalue weighted by molar-refractivity contribution is 0.0642. The maximum atomic E-state index is 12.7. The predicted octanol–water partition coefficient (Wildman–Crippen LogP) is 2.27. The van der Waals surface area contributed by atoms with Gasteiger partial charge in [0.15, 0.2) is 5.69 Å². The van der Waals surface area contributed by atoms with Crippen LogP contribution in [0.15, 0.2) is 36.7 Å². The van der Waals surface area contributed by atoms with E-state index >= 15 is 0 Å². The summed E-state index contributed by atoms with van der Waals surface area (Å²) in [5, 5.41) is 20.5. The number of benzene rings is 1. The first-order valence-corrected chi connectivity index (χ1v) is 9.14. The monoisotopic (exact) mass is 366 g/mol. The molecule has 1 amide bonds. The zero-order chi connectivity index (χ0) is 18.6. The smallest absolute Gasteiger partial charge is 0.272 e. The molecule has 0 unspecified atom stereocenters. The number of aliphatic hydroxyl groups excluding tert-OH is 1. The molecule has 1 fully saturated rings. The Hall–Kier alpha value is -2.77. The van der Waals surface area contributed by atoms with Crippen molar-refractivity contribution >= 4 is 16.8 Å². The number of amides is 1. The maximum absolute atomic E-state index is 12.7. The van der Waals surface area contributed by atoms with Gasteiger partial charge >= 0.3 is 0 Å². The van der Waals surface area contributed by atoms with E-state index in [1.807, 2.05) is 18.2 Å². The van der Waals surface area contributed by atoms with Crippen LogP contribution in [0.5, 0.6) is 0 Å². The van der Waals surface area contributed by atoms with Crippen LogP contribution >= 0.6 is 0 Å². The molecule has 3 N–H and O–H groups in total. The third-order valence-corrected chi connectivity index (χ3v) is 5.06. The molecule has 140 valence electrons. The summed E-state index contributed by atoms with van der Waals surface area (Å²) >= 11 is 0. The number of H-pyrrole nitrogens is 1. The van der Waals surface area contributed by atoms with Gasteiger partial charge in [0.2, 0.25) is 0 Å². The third kappa shape index (κ3) is 3.70. The second kappa shape index (κ2) is 7.85. The number of carbonyl (C=O) groups excluding carboxylic acids is 1. The number of aromatic nitrogens is 3. The second-order valence-corrected chi connectivity index (χ2v) is 6.79. The Morgan fingerprint density at radius 3 is 2.96 bits per heavy atom. The molecule has 3 aromatic rings. The minimum absolute atomic E-state index is 0.0697. The molecule has 0 aliphatic carbocycles. The molecule has 1 saturated heterocycles. The SMILES string of the molecule is O=C(NCC1CCOCC1)c1n[nH]c2ccc(-c3cnccc3CO)cc12. The molecule has 0 saturated carbocycles. The van der Waals surface area contributed by atoms with Crippen LogP contribution in [0.1, 0.15) is 28.9 Å². The standard InChI is InChI=1S/C20H22N4O3/c25-12-15-3-6-21-11-17(15)14-1-2-18-16(9-14)19(24-23-18)20(26)22-10-13-4-7-27-8-5-13/h1-3,6,9,11,13,25H,4-5,7-8,10,12H2,(H,22,26)(H,23,24). The van der Waals surface area contributed by atoms with Crippen molar-refractivity contribution in [2.24, 2.45) is 5.92 Å². The molecule has 1 aromatic carbocycles. The third-order valence-electron chi connectivity index (χ3n) is 5.06. The van der Waals surface area contributed by atoms with Crippen molar-refractivity contribution in [3.8, 4) is 11.1 Å². The fourth-order valence-corrected chi connectivity index (χ4v) is 3.45. The molecular formula is C20H22N4O3. The van der Waals surface area contributed by atoms with E-state index in [2.05, 4.69) is 20.5 Å². The van der Waals surface area contributed by atoms with Gasteiger partial charge in [-0.3, -0.25) is 14.9 Å². The first-order valence-electron chi connectivity index (χ1n) is 9.14. The maximum Gasteiger partial charge on any atom is 0.272 e. The van der Waals surface area contributed by atoms with Crippen LogP contribution < -0.4 is 5.32 Å². The number of nitrogens with zero attached hydrogens (tertiary/aromatic N) is 2. The van der Waals surface area contributed by atoms with Gasteiger partial charge in [-0.15, -0.1) is 0 Å². The molecule has 2 aromatic heterocycles. The fourth-order valence-electron chi connectivity index (χ4n) is 3.45. The lowest BCUT2D eigenvalue weighted by Crippen LogP contribution is -2.32.